The first kappa shape index (κ1) is 13.4. The molecule has 3 nitrogen and oxygen atoms in total. The second-order valence-corrected chi connectivity index (χ2v) is 5.56. The molecule has 1 heterocycles. The second-order valence-electron chi connectivity index (χ2n) is 4.64. The van der Waals surface area contributed by atoms with Crippen molar-refractivity contribution in [1.29, 1.82) is 0 Å². The van der Waals surface area contributed by atoms with E-state index in [1.807, 2.05) is 30.0 Å². The number of amides is 1. The summed E-state index contributed by atoms with van der Waals surface area (Å²) in [5.74, 6) is 0.876. The zero-order valence-electron chi connectivity index (χ0n) is 10.6. The van der Waals surface area contributed by atoms with Crippen molar-refractivity contribution in [2.75, 3.05) is 19.7 Å². The smallest absolute Gasteiger partial charge is 0.260 e. The minimum Gasteiger partial charge on any atom is -0.483 e. The molecule has 0 aromatic heterocycles. The first-order chi connectivity index (χ1) is 8.66. The molecule has 0 radical (unpaired) electrons. The molecule has 0 N–H and O–H groups in total. The molecule has 1 amide bonds. The number of ether oxygens (including phenoxy) is 1. The standard InChI is InChI=1S/C14H18BrNO2/c1-11-9-12(15)5-6-13(11)18-10-14(17)16-7-3-2-4-8-16/h5-6,9H,2-4,7-8,10H2,1H3. The Hall–Kier alpha value is -1.03. The van der Waals surface area contributed by atoms with Gasteiger partial charge < -0.3 is 9.64 Å². The fraction of sp³-hybridized carbons (Fsp3) is 0.500. The van der Waals surface area contributed by atoms with Gasteiger partial charge in [0.25, 0.3) is 5.91 Å². The van der Waals surface area contributed by atoms with Gasteiger partial charge in [-0.05, 0) is 49.9 Å². The summed E-state index contributed by atoms with van der Waals surface area (Å²) in [4.78, 5) is 13.8. The predicted octanol–water partition coefficient (Wildman–Crippen LogP) is 3.15. The van der Waals surface area contributed by atoms with Gasteiger partial charge in [-0.3, -0.25) is 4.79 Å². The number of benzene rings is 1. The van der Waals surface area contributed by atoms with Gasteiger partial charge in [-0.1, -0.05) is 15.9 Å². The van der Waals surface area contributed by atoms with Crippen LogP contribution in [-0.4, -0.2) is 30.5 Å². The number of hydrogen-bond donors (Lipinski definition) is 0. The van der Waals surface area contributed by atoms with Gasteiger partial charge in [0.05, 0.1) is 0 Å². The minimum atomic E-state index is 0.0945. The molecule has 2 rings (SSSR count). The molecule has 4 heteroatoms. The van der Waals surface area contributed by atoms with E-state index < -0.39 is 0 Å². The molecular weight excluding hydrogens is 294 g/mol. The lowest BCUT2D eigenvalue weighted by atomic mass is 10.1. The third-order valence-corrected chi connectivity index (χ3v) is 3.69. The molecule has 1 aliphatic heterocycles. The van der Waals surface area contributed by atoms with Crippen molar-refractivity contribution in [3.8, 4) is 5.75 Å². The third-order valence-electron chi connectivity index (χ3n) is 3.20. The summed E-state index contributed by atoms with van der Waals surface area (Å²) < 4.78 is 6.62. The lowest BCUT2D eigenvalue weighted by Crippen LogP contribution is -2.38. The van der Waals surface area contributed by atoms with Gasteiger partial charge in [0, 0.05) is 17.6 Å². The van der Waals surface area contributed by atoms with Crippen molar-refractivity contribution in [3.05, 3.63) is 28.2 Å². The van der Waals surface area contributed by atoms with Gasteiger partial charge in [-0.2, -0.15) is 0 Å². The maximum atomic E-state index is 11.9. The van der Waals surface area contributed by atoms with E-state index in [1.54, 1.807) is 0 Å². The summed E-state index contributed by atoms with van der Waals surface area (Å²) >= 11 is 3.41. The first-order valence-corrected chi connectivity index (χ1v) is 7.13. The Morgan fingerprint density at radius 2 is 2.06 bits per heavy atom. The van der Waals surface area contributed by atoms with Crippen LogP contribution < -0.4 is 4.74 Å². The summed E-state index contributed by atoms with van der Waals surface area (Å²) in [6, 6.07) is 5.80. The predicted molar refractivity (Wildman–Crippen MR) is 74.8 cm³/mol. The molecule has 1 aliphatic rings. The quantitative estimate of drug-likeness (QED) is 0.858. The van der Waals surface area contributed by atoms with Crippen molar-refractivity contribution in [2.24, 2.45) is 0 Å². The van der Waals surface area contributed by atoms with E-state index in [0.717, 1.165) is 41.7 Å². The number of rotatable bonds is 3. The average Bonchev–Trinajstić information content (AvgIpc) is 2.38. The highest BCUT2D eigenvalue weighted by Gasteiger charge is 2.16. The molecule has 0 bridgehead atoms. The number of aryl methyl sites for hydroxylation is 1. The molecular formula is C14H18BrNO2. The molecule has 0 atom stereocenters. The number of piperidine rings is 1. The molecule has 1 saturated heterocycles. The van der Waals surface area contributed by atoms with Gasteiger partial charge in [0.1, 0.15) is 5.75 Å². The molecule has 98 valence electrons. The largest absolute Gasteiger partial charge is 0.483 e. The van der Waals surface area contributed by atoms with E-state index in [0.29, 0.717) is 0 Å². The van der Waals surface area contributed by atoms with Gasteiger partial charge >= 0.3 is 0 Å². The van der Waals surface area contributed by atoms with Gasteiger partial charge in [-0.25, -0.2) is 0 Å². The summed E-state index contributed by atoms with van der Waals surface area (Å²) in [6.45, 7) is 3.87. The number of halogens is 1. The molecule has 18 heavy (non-hydrogen) atoms. The maximum Gasteiger partial charge on any atom is 0.260 e. The Kier molecular flexibility index (Phi) is 4.64. The van der Waals surface area contributed by atoms with Crippen LogP contribution in [0.25, 0.3) is 0 Å². The first-order valence-electron chi connectivity index (χ1n) is 6.33. The van der Waals surface area contributed by atoms with Crippen LogP contribution in [0.5, 0.6) is 5.75 Å². The van der Waals surface area contributed by atoms with Crippen molar-refractivity contribution in [2.45, 2.75) is 26.2 Å². The maximum absolute atomic E-state index is 11.9. The number of carbonyl (C=O) groups excluding carboxylic acids is 1. The van der Waals surface area contributed by atoms with Crippen LogP contribution in [0.1, 0.15) is 24.8 Å². The Morgan fingerprint density at radius 3 is 2.72 bits per heavy atom. The molecule has 0 saturated carbocycles. The van der Waals surface area contributed by atoms with Crippen LogP contribution in [0.3, 0.4) is 0 Å². The van der Waals surface area contributed by atoms with Crippen molar-refractivity contribution in [1.82, 2.24) is 4.90 Å². The number of hydrogen-bond acceptors (Lipinski definition) is 2. The van der Waals surface area contributed by atoms with E-state index >= 15 is 0 Å². The minimum absolute atomic E-state index is 0.0945. The Morgan fingerprint density at radius 1 is 1.33 bits per heavy atom. The molecule has 0 aliphatic carbocycles. The Bertz CT molecular complexity index is 428. The van der Waals surface area contributed by atoms with Gasteiger partial charge in [0.2, 0.25) is 0 Å². The zero-order chi connectivity index (χ0) is 13.0. The summed E-state index contributed by atoms with van der Waals surface area (Å²) in [5, 5.41) is 0. The van der Waals surface area contributed by atoms with Crippen LogP contribution in [0.4, 0.5) is 0 Å². The van der Waals surface area contributed by atoms with Gasteiger partial charge in [0.15, 0.2) is 6.61 Å². The highest BCUT2D eigenvalue weighted by atomic mass is 79.9. The summed E-state index contributed by atoms with van der Waals surface area (Å²) in [5.41, 5.74) is 1.04. The van der Waals surface area contributed by atoms with Crippen LogP contribution in [0.15, 0.2) is 22.7 Å². The average molecular weight is 312 g/mol. The monoisotopic (exact) mass is 311 g/mol. The number of likely N-dealkylation sites (tertiary alicyclic amines) is 1. The molecule has 1 aromatic carbocycles. The topological polar surface area (TPSA) is 29.5 Å². The second kappa shape index (κ2) is 6.23. The lowest BCUT2D eigenvalue weighted by Gasteiger charge is -2.26. The molecule has 0 spiro atoms. The number of carbonyl (C=O) groups is 1. The molecule has 1 aromatic rings. The normalized spacial score (nSPS) is 15.6. The van der Waals surface area contributed by atoms with Crippen molar-refractivity contribution in [3.63, 3.8) is 0 Å². The highest BCUT2D eigenvalue weighted by molar-refractivity contribution is 9.10. The van der Waals surface area contributed by atoms with E-state index in [1.165, 1.54) is 6.42 Å². The van der Waals surface area contributed by atoms with E-state index in [2.05, 4.69) is 15.9 Å². The van der Waals surface area contributed by atoms with Crippen LogP contribution >= 0.6 is 15.9 Å². The Balaban J connectivity index is 1.88. The van der Waals surface area contributed by atoms with E-state index in [-0.39, 0.29) is 12.5 Å². The molecule has 1 fully saturated rings. The molecule has 0 unspecified atom stereocenters. The number of nitrogens with zero attached hydrogens (tertiary/aromatic N) is 1. The SMILES string of the molecule is Cc1cc(Br)ccc1OCC(=O)N1CCCCC1. The van der Waals surface area contributed by atoms with E-state index in [4.69, 9.17) is 4.74 Å². The Labute approximate surface area is 116 Å². The van der Waals surface area contributed by atoms with Gasteiger partial charge in [-0.15, -0.1) is 0 Å². The summed E-state index contributed by atoms with van der Waals surface area (Å²) in [7, 11) is 0. The van der Waals surface area contributed by atoms with Crippen LogP contribution in [-0.2, 0) is 4.79 Å². The highest BCUT2D eigenvalue weighted by Crippen LogP contribution is 2.22. The van der Waals surface area contributed by atoms with E-state index in [9.17, 15) is 4.79 Å². The van der Waals surface area contributed by atoms with Crippen molar-refractivity contribution < 1.29 is 9.53 Å². The van der Waals surface area contributed by atoms with Crippen LogP contribution in [0.2, 0.25) is 0 Å². The fourth-order valence-electron chi connectivity index (χ4n) is 2.15. The van der Waals surface area contributed by atoms with Crippen LogP contribution in [0, 0.1) is 6.92 Å². The van der Waals surface area contributed by atoms with Crippen molar-refractivity contribution >= 4 is 21.8 Å². The third kappa shape index (κ3) is 3.48. The lowest BCUT2D eigenvalue weighted by molar-refractivity contribution is -0.134. The fourth-order valence-corrected chi connectivity index (χ4v) is 2.62. The summed E-state index contributed by atoms with van der Waals surface area (Å²) in [6.07, 6.45) is 3.46. The zero-order valence-corrected chi connectivity index (χ0v) is 12.2.